The lowest BCUT2D eigenvalue weighted by molar-refractivity contribution is -0.144. The Morgan fingerprint density at radius 3 is 2.27 bits per heavy atom. The summed E-state index contributed by atoms with van der Waals surface area (Å²) in [5.74, 6) is -10.9. The molecule has 2 unspecified atom stereocenters. The van der Waals surface area contributed by atoms with Gasteiger partial charge in [-0.3, -0.25) is 24.3 Å². The summed E-state index contributed by atoms with van der Waals surface area (Å²) < 4.78 is 115. The van der Waals surface area contributed by atoms with Gasteiger partial charge in [-0.2, -0.15) is 9.97 Å². The molecule has 6 heterocycles. The van der Waals surface area contributed by atoms with Crippen molar-refractivity contribution >= 4 is 45.2 Å². The number of phenols is 1. The fourth-order valence-corrected chi connectivity index (χ4v) is 12.0. The summed E-state index contributed by atoms with van der Waals surface area (Å²) in [4.78, 5) is 61.0. The van der Waals surface area contributed by atoms with Gasteiger partial charge in [0.05, 0.1) is 35.3 Å². The van der Waals surface area contributed by atoms with Crippen molar-refractivity contribution in [2.75, 3.05) is 57.4 Å². The Morgan fingerprint density at radius 1 is 0.881 bits per heavy atom. The number of terminal acetylenes is 1. The third kappa shape index (κ3) is 12.2. The molecule has 4 saturated heterocycles. The van der Waals surface area contributed by atoms with Crippen molar-refractivity contribution in [3.8, 4) is 46.5 Å². The first-order valence-electron chi connectivity index (χ1n) is 28.0. The molecule has 23 heteroatoms. The summed E-state index contributed by atoms with van der Waals surface area (Å²) in [6.07, 6.45) is 10.3. The number of phenolic OH excluding ortho intramolecular Hbond substituents is 1. The summed E-state index contributed by atoms with van der Waals surface area (Å²) in [7, 11) is 0. The van der Waals surface area contributed by atoms with E-state index in [1.165, 1.54) is 47.5 Å². The molecule has 444 valence electrons. The number of likely N-dealkylation sites (tertiary alicyclic amines) is 2. The van der Waals surface area contributed by atoms with Crippen molar-refractivity contribution in [3.05, 3.63) is 107 Å². The smallest absolute Gasteiger partial charge is 0.319 e. The highest BCUT2D eigenvalue weighted by molar-refractivity contribution is 6.03. The van der Waals surface area contributed by atoms with Gasteiger partial charge in [-0.05, 0) is 85.7 Å². The largest absolute Gasteiger partial charge is 0.508 e. The average Bonchev–Trinajstić information content (AvgIpc) is 2.49. The number of aromatic nitrogens is 3. The van der Waals surface area contributed by atoms with Gasteiger partial charge in [0.1, 0.15) is 47.3 Å². The second kappa shape index (κ2) is 24.5. The molecule has 2 bridgehead atoms. The van der Waals surface area contributed by atoms with Crippen molar-refractivity contribution < 1.29 is 64.8 Å². The first-order valence-corrected chi connectivity index (χ1v) is 28.0. The number of ether oxygens (including phenoxy) is 2. The van der Waals surface area contributed by atoms with Gasteiger partial charge in [-0.15, -0.1) is 6.42 Å². The van der Waals surface area contributed by atoms with E-state index in [2.05, 4.69) is 41.6 Å². The molecule has 84 heavy (non-hydrogen) atoms. The van der Waals surface area contributed by atoms with Gasteiger partial charge in [-0.1, -0.05) is 57.0 Å². The highest BCUT2D eigenvalue weighted by Crippen LogP contribution is 2.40. The molecular formula is C61H64F7N9O7. The van der Waals surface area contributed by atoms with Gasteiger partial charge >= 0.3 is 6.01 Å². The molecule has 5 N–H and O–H groups in total. The number of fused-ring (bicyclic) bond motifs is 4. The SMILES string of the molecule is C#Cc1c(F)ccc2cc(O)cc(-c3ncc4c(N5CC6CCC(C5)N6)nc(OC[C@@H]5CCCN5CCCOCCC(=O)N[C@H](C(=O)N5C[C@H](O)C[C@H]5C(=O)N[C@@H](C)c5ccc(-c6c(F)c(F)c(F)c(F)c6F)cc5)C(C)(C)C)nc4c3F)c12. The molecule has 10 rings (SSSR count). The number of aliphatic hydroxyl groups is 1. The molecule has 0 radical (unpaired) electrons. The number of carbonyl (C=O) groups excluding carboxylic acids is 3. The summed E-state index contributed by atoms with van der Waals surface area (Å²) >= 11 is 0. The van der Waals surface area contributed by atoms with E-state index in [1.54, 1.807) is 27.7 Å². The molecule has 4 aromatic carbocycles. The Balaban J connectivity index is 0.730. The van der Waals surface area contributed by atoms with Crippen molar-refractivity contribution in [1.82, 2.24) is 40.7 Å². The van der Waals surface area contributed by atoms with Gasteiger partial charge in [0.15, 0.2) is 29.1 Å². The van der Waals surface area contributed by atoms with E-state index in [9.17, 15) is 46.5 Å². The molecule has 7 atom stereocenters. The normalized spacial score (nSPS) is 20.6. The number of hydrogen-bond acceptors (Lipinski definition) is 13. The Bertz CT molecular complexity index is 3530. The minimum absolute atomic E-state index is 0.0255. The van der Waals surface area contributed by atoms with Crippen LogP contribution in [-0.4, -0.2) is 142 Å². The molecule has 0 aliphatic carbocycles. The van der Waals surface area contributed by atoms with E-state index in [0.29, 0.717) is 54.8 Å². The highest BCUT2D eigenvalue weighted by Gasteiger charge is 2.45. The fraction of sp³-hybridized carbons (Fsp3) is 0.443. The molecule has 3 amide bonds. The Hall–Kier alpha value is -7.65. The molecule has 0 spiro atoms. The number of hydrogen-bond donors (Lipinski definition) is 5. The molecule has 16 nitrogen and oxygen atoms in total. The van der Waals surface area contributed by atoms with Crippen LogP contribution in [0, 0.1) is 58.5 Å². The van der Waals surface area contributed by atoms with Crippen molar-refractivity contribution in [1.29, 1.82) is 0 Å². The second-order valence-corrected chi connectivity index (χ2v) is 23.1. The van der Waals surface area contributed by atoms with Gasteiger partial charge in [0, 0.05) is 80.9 Å². The van der Waals surface area contributed by atoms with Crippen LogP contribution in [0.4, 0.5) is 36.6 Å². The van der Waals surface area contributed by atoms with Crippen molar-refractivity contribution in [2.24, 2.45) is 5.41 Å². The molecule has 4 aliphatic rings. The number of aliphatic hydroxyl groups excluding tert-OH is 1. The zero-order valence-corrected chi connectivity index (χ0v) is 46.7. The van der Waals surface area contributed by atoms with Gasteiger partial charge in [0.2, 0.25) is 23.5 Å². The predicted octanol–water partition coefficient (Wildman–Crippen LogP) is 8.12. The lowest BCUT2D eigenvalue weighted by Gasteiger charge is -2.35. The number of carbonyl (C=O) groups is 3. The number of β-amino-alcohol motifs (C(OH)–C–C–N with tert-alkyl or cyclic N) is 1. The summed E-state index contributed by atoms with van der Waals surface area (Å²) in [5.41, 5.74) is -2.06. The van der Waals surface area contributed by atoms with E-state index in [0.717, 1.165) is 44.4 Å². The average molecular weight is 1170 g/mol. The van der Waals surface area contributed by atoms with Crippen LogP contribution in [0.1, 0.15) is 89.8 Å². The number of halogens is 7. The maximum atomic E-state index is 17.1. The van der Waals surface area contributed by atoms with E-state index >= 15 is 8.78 Å². The molecule has 4 fully saturated rings. The molecular weight excluding hydrogens is 1100 g/mol. The van der Waals surface area contributed by atoms with Crippen molar-refractivity contribution in [3.63, 3.8) is 0 Å². The van der Waals surface area contributed by atoms with Gasteiger partial charge in [-0.25, -0.2) is 30.7 Å². The summed E-state index contributed by atoms with van der Waals surface area (Å²) in [6, 6.07) is 7.75. The van der Waals surface area contributed by atoms with E-state index in [4.69, 9.17) is 20.9 Å². The standard InChI is InChI=1S/C61H64F7N9O7/c1-6-40-43(62)17-14-34-23-38(78)24-41(46(34)40)54-53(68)55-42(26-69-54)57(76-27-35-15-16-36(28-76)71-35)74-60(73-55)84-30-37-9-7-19-75(37)20-8-21-83-22-18-45(80)72-56(61(3,4)5)59(82)77-29-39(79)25-44(77)58(81)70-31(2)32-10-12-33(13-11-32)47-48(63)50(65)52(67)51(66)49(47)64/h1,10-14,17,23-24,26,31,35-37,39,44,56,71,78-79H,7-9,15-16,18-22,25,27-30H2,2-5H3,(H,70,81)(H,72,80)/t31-,35?,36?,37-,39+,44-,56+/m0/s1. The van der Waals surface area contributed by atoms with E-state index in [1.807, 2.05) is 0 Å². The van der Waals surface area contributed by atoms with E-state index in [-0.39, 0.29) is 95.8 Å². The van der Waals surface area contributed by atoms with Crippen LogP contribution in [0.5, 0.6) is 11.8 Å². The van der Waals surface area contributed by atoms with Crippen LogP contribution in [0.2, 0.25) is 0 Å². The maximum absolute atomic E-state index is 17.1. The van der Waals surface area contributed by atoms with E-state index < -0.39 is 93.7 Å². The van der Waals surface area contributed by atoms with Crippen LogP contribution in [0.15, 0.2) is 54.7 Å². The van der Waals surface area contributed by atoms with Crippen molar-refractivity contribution in [2.45, 2.75) is 115 Å². The summed E-state index contributed by atoms with van der Waals surface area (Å²) in [5, 5.41) is 31.6. The van der Waals surface area contributed by atoms with Gasteiger partial charge < -0.3 is 45.4 Å². The number of benzene rings is 4. The minimum Gasteiger partial charge on any atom is -0.508 e. The number of amides is 3. The maximum Gasteiger partial charge on any atom is 0.319 e. The molecule has 4 aliphatic heterocycles. The van der Waals surface area contributed by atoms with Crippen LogP contribution < -0.4 is 25.6 Å². The number of anilines is 1. The quantitative estimate of drug-likeness (QED) is 0.0182. The van der Waals surface area contributed by atoms with Crippen LogP contribution in [0.3, 0.4) is 0 Å². The number of nitrogens with zero attached hydrogens (tertiary/aromatic N) is 6. The molecule has 0 saturated carbocycles. The number of nitrogens with one attached hydrogen (secondary N) is 3. The Kier molecular flexibility index (Phi) is 17.4. The van der Waals surface area contributed by atoms with Crippen LogP contribution >= 0.6 is 0 Å². The monoisotopic (exact) mass is 1170 g/mol. The first-order chi connectivity index (χ1) is 40.1. The number of pyridine rings is 1. The predicted molar refractivity (Wildman–Crippen MR) is 298 cm³/mol. The Labute approximate surface area is 480 Å². The highest BCUT2D eigenvalue weighted by atomic mass is 19.2. The zero-order valence-electron chi connectivity index (χ0n) is 46.7. The van der Waals surface area contributed by atoms with Crippen LogP contribution in [0.25, 0.3) is 44.1 Å². The number of aromatic hydroxyl groups is 1. The molecule has 2 aromatic heterocycles. The zero-order chi connectivity index (χ0) is 59.9. The van der Waals surface area contributed by atoms with Gasteiger partial charge in [0.25, 0.3) is 0 Å². The lowest BCUT2D eigenvalue weighted by Crippen LogP contribution is -2.58. The molecule has 6 aromatic rings. The fourth-order valence-electron chi connectivity index (χ4n) is 12.0. The third-order valence-corrected chi connectivity index (χ3v) is 16.3. The number of rotatable bonds is 18. The first kappa shape index (κ1) is 59.5. The topological polar surface area (TPSA) is 195 Å². The summed E-state index contributed by atoms with van der Waals surface area (Å²) in [6.45, 7) is 9.91. The van der Waals surface area contributed by atoms with Crippen LogP contribution in [-0.2, 0) is 19.1 Å². The lowest BCUT2D eigenvalue weighted by atomic mass is 9.85. The Morgan fingerprint density at radius 2 is 1.58 bits per heavy atom. The third-order valence-electron chi connectivity index (χ3n) is 16.3. The minimum atomic E-state index is -2.28. The number of piperazine rings is 1. The second-order valence-electron chi connectivity index (χ2n) is 23.1.